The van der Waals surface area contributed by atoms with E-state index in [0.717, 1.165) is 19.4 Å². The molecule has 0 saturated carbocycles. The molecule has 6 heteroatoms. The summed E-state index contributed by atoms with van der Waals surface area (Å²) in [5, 5.41) is 0. The summed E-state index contributed by atoms with van der Waals surface area (Å²) in [6, 6.07) is 7.32. The van der Waals surface area contributed by atoms with Gasteiger partial charge in [-0.1, -0.05) is 12.1 Å². The first-order valence-electron chi connectivity index (χ1n) is 7.85. The third-order valence-electron chi connectivity index (χ3n) is 4.01. The minimum absolute atomic E-state index is 0. The highest BCUT2D eigenvalue weighted by Crippen LogP contribution is 2.18. The average molecular weight is 341 g/mol. The quantitative estimate of drug-likeness (QED) is 0.611. The van der Waals surface area contributed by atoms with Gasteiger partial charge in [-0.2, -0.15) is 0 Å². The summed E-state index contributed by atoms with van der Waals surface area (Å²) in [6.45, 7) is 3.36. The third-order valence-corrected chi connectivity index (χ3v) is 4.01. The van der Waals surface area contributed by atoms with E-state index >= 15 is 0 Å². The summed E-state index contributed by atoms with van der Waals surface area (Å²) in [5.41, 5.74) is 6.32. The average Bonchev–Trinajstić information content (AvgIpc) is 3.00. The second-order valence-electron chi connectivity index (χ2n) is 5.65. The third kappa shape index (κ3) is 5.52. The normalized spacial score (nSPS) is 16.8. The van der Waals surface area contributed by atoms with Gasteiger partial charge in [0.25, 0.3) is 0 Å². The molecule has 1 fully saturated rings. The number of benzene rings is 1. The van der Waals surface area contributed by atoms with Crippen molar-refractivity contribution >= 4 is 24.1 Å². The Morgan fingerprint density at radius 2 is 2.17 bits per heavy atom. The van der Waals surface area contributed by atoms with E-state index in [-0.39, 0.29) is 30.1 Å². The molecule has 1 aromatic rings. The number of hydrogen-bond acceptors (Lipinski definition) is 4. The van der Waals surface area contributed by atoms with Crippen molar-refractivity contribution in [3.8, 4) is 5.75 Å². The van der Waals surface area contributed by atoms with Gasteiger partial charge in [0.05, 0.1) is 6.61 Å². The Morgan fingerprint density at radius 3 is 2.87 bits per heavy atom. The smallest absolute Gasteiger partial charge is 0.222 e. The van der Waals surface area contributed by atoms with E-state index in [1.54, 1.807) is 18.2 Å². The molecule has 1 amide bonds. The molecule has 0 spiro atoms. The Morgan fingerprint density at radius 1 is 1.39 bits per heavy atom. The van der Waals surface area contributed by atoms with Gasteiger partial charge >= 0.3 is 0 Å². The van der Waals surface area contributed by atoms with Crippen LogP contribution in [0.25, 0.3) is 0 Å². The number of halogens is 1. The predicted octanol–water partition coefficient (Wildman–Crippen LogP) is 2.42. The number of rotatable bonds is 7. The Kier molecular flexibility index (Phi) is 8.06. The molecule has 1 aliphatic rings. The number of nitrogens with two attached hydrogens (primary N) is 1. The topological polar surface area (TPSA) is 72.6 Å². The van der Waals surface area contributed by atoms with Crippen molar-refractivity contribution in [1.82, 2.24) is 4.90 Å². The molecule has 1 heterocycles. The van der Waals surface area contributed by atoms with Crippen LogP contribution < -0.4 is 10.5 Å². The molecule has 2 rings (SSSR count). The van der Waals surface area contributed by atoms with E-state index in [0.29, 0.717) is 37.3 Å². The van der Waals surface area contributed by atoms with Gasteiger partial charge < -0.3 is 15.4 Å². The van der Waals surface area contributed by atoms with Crippen LogP contribution in [0.15, 0.2) is 24.3 Å². The van der Waals surface area contributed by atoms with E-state index < -0.39 is 0 Å². The van der Waals surface area contributed by atoms with Crippen LogP contribution in [0.2, 0.25) is 0 Å². The second-order valence-corrected chi connectivity index (χ2v) is 5.65. The molecule has 23 heavy (non-hydrogen) atoms. The standard InChI is InChI=1S/C17H24N2O3.ClH/c1-13(20)14-5-2-7-16(11-14)22-10-4-8-17(21)19-9-3-6-15(19)12-18;/h2,5,7,11,15H,3-4,6,8-10,12,18H2,1H3;1H. The van der Waals surface area contributed by atoms with Gasteiger partial charge in [-0.25, -0.2) is 0 Å². The lowest BCUT2D eigenvalue weighted by atomic mass is 10.1. The molecule has 2 N–H and O–H groups in total. The zero-order valence-electron chi connectivity index (χ0n) is 13.5. The summed E-state index contributed by atoms with van der Waals surface area (Å²) < 4.78 is 5.62. The Bertz CT molecular complexity index is 536. The molecule has 0 aliphatic carbocycles. The van der Waals surface area contributed by atoms with Crippen LogP contribution in [0.5, 0.6) is 5.75 Å². The highest BCUT2D eigenvalue weighted by molar-refractivity contribution is 5.94. The van der Waals surface area contributed by atoms with E-state index in [1.165, 1.54) is 6.92 Å². The van der Waals surface area contributed by atoms with Gasteiger partial charge in [0.15, 0.2) is 5.78 Å². The molecular formula is C17H25ClN2O3. The van der Waals surface area contributed by atoms with Crippen LogP contribution in [0.1, 0.15) is 43.0 Å². The summed E-state index contributed by atoms with van der Waals surface area (Å²) in [5.74, 6) is 0.845. The fraction of sp³-hybridized carbons (Fsp3) is 0.529. The summed E-state index contributed by atoms with van der Waals surface area (Å²) in [6.07, 6.45) is 3.19. The molecule has 0 bridgehead atoms. The molecule has 1 aromatic carbocycles. The van der Waals surface area contributed by atoms with E-state index in [4.69, 9.17) is 10.5 Å². The lowest BCUT2D eigenvalue weighted by molar-refractivity contribution is -0.132. The van der Waals surface area contributed by atoms with E-state index in [2.05, 4.69) is 0 Å². The number of ketones is 1. The predicted molar refractivity (Wildman–Crippen MR) is 92.2 cm³/mol. The fourth-order valence-electron chi connectivity index (χ4n) is 2.77. The van der Waals surface area contributed by atoms with Crippen LogP contribution in [0.4, 0.5) is 0 Å². The molecule has 1 saturated heterocycles. The molecule has 128 valence electrons. The first-order chi connectivity index (χ1) is 10.6. The highest BCUT2D eigenvalue weighted by atomic mass is 35.5. The van der Waals surface area contributed by atoms with Crippen molar-refractivity contribution in [2.24, 2.45) is 5.73 Å². The highest BCUT2D eigenvalue weighted by Gasteiger charge is 2.26. The van der Waals surface area contributed by atoms with Crippen molar-refractivity contribution < 1.29 is 14.3 Å². The van der Waals surface area contributed by atoms with Crippen LogP contribution in [-0.2, 0) is 4.79 Å². The number of carbonyl (C=O) groups excluding carboxylic acids is 2. The van der Waals surface area contributed by atoms with Crippen molar-refractivity contribution in [2.75, 3.05) is 19.7 Å². The molecule has 1 aliphatic heterocycles. The monoisotopic (exact) mass is 340 g/mol. The molecule has 0 aromatic heterocycles. The maximum atomic E-state index is 12.1. The van der Waals surface area contributed by atoms with Gasteiger partial charge in [0.1, 0.15) is 5.75 Å². The summed E-state index contributed by atoms with van der Waals surface area (Å²) in [7, 11) is 0. The van der Waals surface area contributed by atoms with Gasteiger partial charge in [-0.05, 0) is 38.3 Å². The molecular weight excluding hydrogens is 316 g/mol. The maximum absolute atomic E-state index is 12.1. The number of ether oxygens (including phenoxy) is 1. The Hall–Kier alpha value is -1.59. The molecule has 1 atom stereocenters. The van der Waals surface area contributed by atoms with Crippen LogP contribution in [-0.4, -0.2) is 42.3 Å². The van der Waals surface area contributed by atoms with Gasteiger partial charge in [-0.15, -0.1) is 12.4 Å². The van der Waals surface area contributed by atoms with Crippen LogP contribution in [0, 0.1) is 0 Å². The minimum atomic E-state index is 0. The molecule has 1 unspecified atom stereocenters. The van der Waals surface area contributed by atoms with E-state index in [9.17, 15) is 9.59 Å². The summed E-state index contributed by atoms with van der Waals surface area (Å²) >= 11 is 0. The van der Waals surface area contributed by atoms with Crippen molar-refractivity contribution in [2.45, 2.75) is 38.6 Å². The van der Waals surface area contributed by atoms with Crippen LogP contribution in [0.3, 0.4) is 0 Å². The summed E-state index contributed by atoms with van der Waals surface area (Å²) in [4.78, 5) is 25.3. The SMILES string of the molecule is CC(=O)c1cccc(OCCCC(=O)N2CCCC2CN)c1.Cl. The zero-order valence-corrected chi connectivity index (χ0v) is 14.3. The number of likely N-dealkylation sites (tertiary alicyclic amines) is 1. The van der Waals surface area contributed by atoms with Gasteiger partial charge in [0, 0.05) is 31.1 Å². The lowest BCUT2D eigenvalue weighted by Gasteiger charge is -2.23. The second kappa shape index (κ2) is 9.53. The fourth-order valence-corrected chi connectivity index (χ4v) is 2.77. The van der Waals surface area contributed by atoms with Crippen LogP contribution >= 0.6 is 12.4 Å². The molecule has 0 radical (unpaired) electrons. The largest absolute Gasteiger partial charge is 0.494 e. The lowest BCUT2D eigenvalue weighted by Crippen LogP contribution is -2.39. The number of hydrogen-bond donors (Lipinski definition) is 1. The minimum Gasteiger partial charge on any atom is -0.494 e. The van der Waals surface area contributed by atoms with E-state index in [1.807, 2.05) is 11.0 Å². The molecule has 5 nitrogen and oxygen atoms in total. The number of Topliss-reactive ketones (excluding diaryl/α,β-unsaturated/α-hetero) is 1. The Balaban J connectivity index is 0.00000264. The van der Waals surface area contributed by atoms with Crippen molar-refractivity contribution in [3.63, 3.8) is 0 Å². The van der Waals surface area contributed by atoms with Crippen molar-refractivity contribution in [1.29, 1.82) is 0 Å². The number of nitrogens with zero attached hydrogens (tertiary/aromatic N) is 1. The Labute approximate surface area is 143 Å². The first-order valence-corrected chi connectivity index (χ1v) is 7.85. The number of amides is 1. The zero-order chi connectivity index (χ0) is 15.9. The maximum Gasteiger partial charge on any atom is 0.222 e. The van der Waals surface area contributed by atoms with Crippen molar-refractivity contribution in [3.05, 3.63) is 29.8 Å². The van der Waals surface area contributed by atoms with Gasteiger partial charge in [0.2, 0.25) is 5.91 Å². The number of carbonyl (C=O) groups is 2. The first kappa shape index (κ1) is 19.5. The van der Waals surface area contributed by atoms with Gasteiger partial charge in [-0.3, -0.25) is 9.59 Å².